The van der Waals surface area contributed by atoms with E-state index in [0.717, 1.165) is 38.9 Å². The van der Waals surface area contributed by atoms with Crippen LogP contribution in [0.2, 0.25) is 0 Å². The second kappa shape index (κ2) is 8.48. The van der Waals surface area contributed by atoms with Gasteiger partial charge in [0.25, 0.3) is 0 Å². The zero-order valence-corrected chi connectivity index (χ0v) is 8.96. The van der Waals surface area contributed by atoms with Crippen molar-refractivity contribution in [2.75, 3.05) is 13.2 Å². The maximum absolute atomic E-state index is 5.74. The first kappa shape index (κ1) is 12.9. The maximum atomic E-state index is 5.74. The number of hydrogen-bond acceptors (Lipinski definition) is 3. The van der Waals surface area contributed by atoms with Gasteiger partial charge in [0, 0.05) is 25.3 Å². The van der Waals surface area contributed by atoms with Gasteiger partial charge in [0.1, 0.15) is 0 Å². The highest BCUT2D eigenvalue weighted by molar-refractivity contribution is 4.58. The number of hydrogen-bond donors (Lipinski definition) is 2. The largest absolute Gasteiger partial charge is 0.381 e. The van der Waals surface area contributed by atoms with Gasteiger partial charge in [0.15, 0.2) is 0 Å². The summed E-state index contributed by atoms with van der Waals surface area (Å²) in [5.74, 6) is 0. The van der Waals surface area contributed by atoms with Gasteiger partial charge in [-0.05, 0) is 25.7 Å². The van der Waals surface area contributed by atoms with Crippen molar-refractivity contribution >= 4 is 0 Å². The van der Waals surface area contributed by atoms with Gasteiger partial charge in [-0.15, -0.1) is 0 Å². The molecule has 0 radical (unpaired) electrons. The van der Waals surface area contributed by atoms with Gasteiger partial charge in [0.05, 0.1) is 0 Å². The Morgan fingerprint density at radius 3 is 1.62 bits per heavy atom. The van der Waals surface area contributed by atoms with Crippen LogP contribution in [0.25, 0.3) is 0 Å². The summed E-state index contributed by atoms with van der Waals surface area (Å²) in [6, 6.07) is 0.583. The molecule has 0 aliphatic heterocycles. The summed E-state index contributed by atoms with van der Waals surface area (Å²) in [5.41, 5.74) is 11.5. The normalized spacial score (nSPS) is 15.7. The first-order valence-electron chi connectivity index (χ1n) is 5.29. The van der Waals surface area contributed by atoms with Crippen LogP contribution in [-0.4, -0.2) is 25.3 Å². The summed E-state index contributed by atoms with van der Waals surface area (Å²) in [4.78, 5) is 0. The minimum absolute atomic E-state index is 0.292. The van der Waals surface area contributed by atoms with Gasteiger partial charge in [-0.25, -0.2) is 0 Å². The second-order valence-corrected chi connectivity index (χ2v) is 3.53. The molecule has 0 aromatic carbocycles. The van der Waals surface area contributed by atoms with E-state index in [1.165, 1.54) is 0 Å². The van der Waals surface area contributed by atoms with E-state index in [2.05, 4.69) is 13.8 Å². The Morgan fingerprint density at radius 2 is 1.31 bits per heavy atom. The van der Waals surface area contributed by atoms with Crippen LogP contribution in [0.15, 0.2) is 0 Å². The molecule has 3 nitrogen and oxygen atoms in total. The molecular formula is C10H24N2O. The van der Waals surface area contributed by atoms with Crippen LogP contribution in [0, 0.1) is 0 Å². The lowest BCUT2D eigenvalue weighted by Crippen LogP contribution is -2.23. The van der Waals surface area contributed by atoms with Crippen LogP contribution in [0.1, 0.15) is 39.5 Å². The third-order valence-corrected chi connectivity index (χ3v) is 2.31. The molecule has 0 fully saturated rings. The van der Waals surface area contributed by atoms with Crippen molar-refractivity contribution in [3.05, 3.63) is 0 Å². The lowest BCUT2D eigenvalue weighted by Gasteiger charge is -2.11. The van der Waals surface area contributed by atoms with Crippen molar-refractivity contribution in [2.24, 2.45) is 11.5 Å². The van der Waals surface area contributed by atoms with E-state index < -0.39 is 0 Å². The molecule has 0 aliphatic carbocycles. The summed E-state index contributed by atoms with van der Waals surface area (Å²) in [6.07, 6.45) is 3.96. The zero-order chi connectivity index (χ0) is 10.1. The summed E-state index contributed by atoms with van der Waals surface area (Å²) < 4.78 is 5.42. The predicted octanol–water partition coefficient (Wildman–Crippen LogP) is 1.26. The fraction of sp³-hybridized carbons (Fsp3) is 1.00. The molecule has 0 aromatic heterocycles. The monoisotopic (exact) mass is 188 g/mol. The van der Waals surface area contributed by atoms with E-state index in [9.17, 15) is 0 Å². The molecule has 0 saturated heterocycles. The van der Waals surface area contributed by atoms with Crippen molar-refractivity contribution in [3.8, 4) is 0 Å². The highest BCUT2D eigenvalue weighted by Crippen LogP contribution is 1.97. The van der Waals surface area contributed by atoms with Crippen LogP contribution in [-0.2, 0) is 4.74 Å². The van der Waals surface area contributed by atoms with E-state index in [0.29, 0.717) is 12.1 Å². The van der Waals surface area contributed by atoms with Crippen molar-refractivity contribution in [2.45, 2.75) is 51.6 Å². The minimum atomic E-state index is 0.292. The van der Waals surface area contributed by atoms with E-state index in [1.54, 1.807) is 0 Å². The molecule has 0 heterocycles. The molecule has 0 saturated carbocycles. The fourth-order valence-corrected chi connectivity index (χ4v) is 0.980. The molecule has 13 heavy (non-hydrogen) atoms. The highest BCUT2D eigenvalue weighted by Gasteiger charge is 2.00. The van der Waals surface area contributed by atoms with E-state index in [4.69, 9.17) is 16.2 Å². The maximum Gasteiger partial charge on any atom is 0.0480 e. The van der Waals surface area contributed by atoms with Gasteiger partial charge >= 0.3 is 0 Å². The first-order valence-corrected chi connectivity index (χ1v) is 5.29. The molecule has 2 atom stereocenters. The Morgan fingerprint density at radius 1 is 0.923 bits per heavy atom. The number of ether oxygens (including phenoxy) is 1. The lowest BCUT2D eigenvalue weighted by atomic mass is 10.2. The van der Waals surface area contributed by atoms with Gasteiger partial charge in [-0.3, -0.25) is 0 Å². The average molecular weight is 188 g/mol. The van der Waals surface area contributed by atoms with Gasteiger partial charge in [-0.1, -0.05) is 13.8 Å². The van der Waals surface area contributed by atoms with Crippen LogP contribution in [0.5, 0.6) is 0 Å². The molecule has 0 aromatic rings. The quantitative estimate of drug-likeness (QED) is 0.564. The number of nitrogens with two attached hydrogens (primary N) is 2. The summed E-state index contributed by atoms with van der Waals surface area (Å²) in [5, 5.41) is 0. The van der Waals surface area contributed by atoms with Crippen molar-refractivity contribution < 1.29 is 4.74 Å². The molecule has 4 N–H and O–H groups in total. The molecule has 2 unspecified atom stereocenters. The Labute approximate surface area is 81.8 Å². The van der Waals surface area contributed by atoms with Gasteiger partial charge in [-0.2, -0.15) is 0 Å². The lowest BCUT2D eigenvalue weighted by molar-refractivity contribution is 0.120. The van der Waals surface area contributed by atoms with Gasteiger partial charge < -0.3 is 16.2 Å². The molecule has 0 amide bonds. The predicted molar refractivity (Wildman–Crippen MR) is 56.6 cm³/mol. The molecule has 0 bridgehead atoms. The minimum Gasteiger partial charge on any atom is -0.381 e. The topological polar surface area (TPSA) is 61.3 Å². The van der Waals surface area contributed by atoms with Crippen molar-refractivity contribution in [1.29, 1.82) is 0 Å². The molecule has 0 aliphatic rings. The Hall–Kier alpha value is -0.120. The van der Waals surface area contributed by atoms with Crippen LogP contribution < -0.4 is 11.5 Å². The molecule has 80 valence electrons. The molecular weight excluding hydrogens is 164 g/mol. The zero-order valence-electron chi connectivity index (χ0n) is 8.96. The summed E-state index contributed by atoms with van der Waals surface area (Å²) in [7, 11) is 0. The van der Waals surface area contributed by atoms with Crippen LogP contribution in [0.3, 0.4) is 0 Å². The average Bonchev–Trinajstić information content (AvgIpc) is 2.16. The third-order valence-electron chi connectivity index (χ3n) is 2.31. The second-order valence-electron chi connectivity index (χ2n) is 3.53. The molecule has 3 heteroatoms. The van der Waals surface area contributed by atoms with Crippen molar-refractivity contribution in [3.63, 3.8) is 0 Å². The van der Waals surface area contributed by atoms with Crippen LogP contribution in [0.4, 0.5) is 0 Å². The summed E-state index contributed by atoms with van der Waals surface area (Å²) in [6.45, 7) is 5.73. The standard InChI is InChI=1S/C10H24N2O/c1-3-9(11)5-7-13-8-6-10(12)4-2/h9-10H,3-8,11-12H2,1-2H3. The SMILES string of the molecule is CCC(N)CCOCCC(N)CC. The molecule has 0 rings (SSSR count). The van der Waals surface area contributed by atoms with E-state index >= 15 is 0 Å². The van der Waals surface area contributed by atoms with E-state index in [1.807, 2.05) is 0 Å². The van der Waals surface area contributed by atoms with Crippen LogP contribution >= 0.6 is 0 Å². The Kier molecular flexibility index (Phi) is 8.40. The van der Waals surface area contributed by atoms with Gasteiger partial charge in [0.2, 0.25) is 0 Å². The summed E-state index contributed by atoms with van der Waals surface area (Å²) >= 11 is 0. The Bertz CT molecular complexity index is 97.1. The fourth-order valence-electron chi connectivity index (χ4n) is 0.980. The number of rotatable bonds is 8. The highest BCUT2D eigenvalue weighted by atomic mass is 16.5. The van der Waals surface area contributed by atoms with E-state index in [-0.39, 0.29) is 0 Å². The molecule has 0 spiro atoms. The smallest absolute Gasteiger partial charge is 0.0480 e. The third kappa shape index (κ3) is 8.22. The van der Waals surface area contributed by atoms with Crippen molar-refractivity contribution in [1.82, 2.24) is 0 Å². The first-order chi connectivity index (χ1) is 6.20. The Balaban J connectivity index is 3.08.